The molecule has 180 valence electrons. The summed E-state index contributed by atoms with van der Waals surface area (Å²) in [7, 11) is 0. The zero-order chi connectivity index (χ0) is 24.6. The van der Waals surface area contributed by atoms with Gasteiger partial charge in [-0.15, -0.1) is 11.3 Å². The summed E-state index contributed by atoms with van der Waals surface area (Å²) in [4.78, 5) is 42.0. The van der Waals surface area contributed by atoms with Crippen molar-refractivity contribution in [2.45, 2.75) is 24.4 Å². The highest BCUT2D eigenvalue weighted by atomic mass is 32.1. The van der Waals surface area contributed by atoms with E-state index < -0.39 is 17.7 Å². The van der Waals surface area contributed by atoms with Crippen LogP contribution in [0.1, 0.15) is 40.4 Å². The number of fused-ring (bicyclic) bond motifs is 3. The van der Waals surface area contributed by atoms with Crippen LogP contribution in [0.4, 0.5) is 9.93 Å². The van der Waals surface area contributed by atoms with Crippen molar-refractivity contribution in [3.05, 3.63) is 70.7 Å². The highest BCUT2D eigenvalue weighted by molar-refractivity contribution is 7.14. The third kappa shape index (κ3) is 4.38. The summed E-state index contributed by atoms with van der Waals surface area (Å²) >= 11 is 1.10. The lowest BCUT2D eigenvalue weighted by molar-refractivity contribution is -0.162. The van der Waals surface area contributed by atoms with Crippen LogP contribution in [-0.4, -0.2) is 63.4 Å². The molecule has 35 heavy (non-hydrogen) atoms. The highest BCUT2D eigenvalue weighted by Gasteiger charge is 2.40. The summed E-state index contributed by atoms with van der Waals surface area (Å²) in [5.74, 6) is -1.73. The number of aromatic nitrogens is 1. The maximum atomic E-state index is 12.7. The van der Waals surface area contributed by atoms with Crippen LogP contribution in [0.5, 0.6) is 0 Å². The number of carbonyl (C=O) groups is 3. The Labute approximate surface area is 205 Å². The summed E-state index contributed by atoms with van der Waals surface area (Å²) < 4.78 is 5.51. The van der Waals surface area contributed by atoms with E-state index in [4.69, 9.17) is 9.84 Å². The van der Waals surface area contributed by atoms with E-state index in [-0.39, 0.29) is 55.2 Å². The number of nitrogens with zero attached hydrogens (tertiary/aromatic N) is 2. The number of aliphatic hydroxyl groups is 1. The number of hydrogen-bond donors (Lipinski definition) is 3. The molecular formula is C25H23N3O6S. The Hall–Kier alpha value is -3.76. The molecule has 5 rings (SSSR count). The lowest BCUT2D eigenvalue weighted by Gasteiger charge is -2.34. The SMILES string of the molecule is O=C(Nc1nc(C(=O)N2CCC(O)(C(=O)O)CC2)cs1)OCC1c2ccccc2-c2ccccc21. The smallest absolute Gasteiger partial charge is 0.413 e. The lowest BCUT2D eigenvalue weighted by atomic mass is 9.91. The molecule has 0 radical (unpaired) electrons. The molecule has 3 N–H and O–H groups in total. The molecule has 1 saturated heterocycles. The molecule has 2 amide bonds. The van der Waals surface area contributed by atoms with E-state index in [1.54, 1.807) is 0 Å². The van der Waals surface area contributed by atoms with Crippen molar-refractivity contribution in [3.8, 4) is 11.1 Å². The Bertz CT molecular complexity index is 1250. The van der Waals surface area contributed by atoms with Crippen LogP contribution in [0.3, 0.4) is 0 Å². The van der Waals surface area contributed by atoms with Gasteiger partial charge in [0, 0.05) is 37.2 Å². The number of carbonyl (C=O) groups excluding carboxylic acids is 2. The number of aliphatic carboxylic acids is 1. The predicted molar refractivity (Wildman–Crippen MR) is 129 cm³/mol. The number of benzene rings is 2. The van der Waals surface area contributed by atoms with Gasteiger partial charge < -0.3 is 19.8 Å². The molecule has 2 aromatic carbocycles. The number of likely N-dealkylation sites (tertiary alicyclic amines) is 1. The molecule has 0 bridgehead atoms. The normalized spacial score (nSPS) is 16.3. The van der Waals surface area contributed by atoms with Gasteiger partial charge in [0.2, 0.25) is 0 Å². The van der Waals surface area contributed by atoms with E-state index in [0.29, 0.717) is 0 Å². The van der Waals surface area contributed by atoms with Gasteiger partial charge in [0.15, 0.2) is 10.7 Å². The minimum Gasteiger partial charge on any atom is -0.479 e. The fourth-order valence-corrected chi connectivity index (χ4v) is 5.28. The van der Waals surface area contributed by atoms with Gasteiger partial charge in [-0.25, -0.2) is 14.6 Å². The Morgan fingerprint density at radius 3 is 2.26 bits per heavy atom. The zero-order valence-electron chi connectivity index (χ0n) is 18.6. The van der Waals surface area contributed by atoms with Crippen LogP contribution in [0.25, 0.3) is 11.1 Å². The van der Waals surface area contributed by atoms with Gasteiger partial charge in [-0.1, -0.05) is 48.5 Å². The van der Waals surface area contributed by atoms with E-state index in [2.05, 4.69) is 22.4 Å². The number of hydrogen-bond acceptors (Lipinski definition) is 7. The van der Waals surface area contributed by atoms with Gasteiger partial charge in [-0.2, -0.15) is 0 Å². The summed E-state index contributed by atoms with van der Waals surface area (Å²) in [5.41, 5.74) is 2.83. The average molecular weight is 494 g/mol. The van der Waals surface area contributed by atoms with Gasteiger partial charge in [0.25, 0.3) is 5.91 Å². The van der Waals surface area contributed by atoms with Crippen molar-refractivity contribution in [2.24, 2.45) is 0 Å². The summed E-state index contributed by atoms with van der Waals surface area (Å²) in [6, 6.07) is 16.1. The molecule has 1 aliphatic heterocycles. The number of ether oxygens (including phenoxy) is 1. The van der Waals surface area contributed by atoms with Gasteiger partial charge in [-0.3, -0.25) is 10.1 Å². The average Bonchev–Trinajstić information content (AvgIpc) is 3.45. The Kier molecular flexibility index (Phi) is 6.00. The quantitative estimate of drug-likeness (QED) is 0.496. The topological polar surface area (TPSA) is 129 Å². The van der Waals surface area contributed by atoms with Gasteiger partial charge in [-0.05, 0) is 22.3 Å². The van der Waals surface area contributed by atoms with E-state index in [9.17, 15) is 19.5 Å². The summed E-state index contributed by atoms with van der Waals surface area (Å²) in [5, 5.41) is 23.5. The minimum absolute atomic E-state index is 0.0525. The fourth-order valence-electron chi connectivity index (χ4n) is 4.61. The number of amides is 2. The van der Waals surface area contributed by atoms with Crippen molar-refractivity contribution in [1.29, 1.82) is 0 Å². The van der Waals surface area contributed by atoms with E-state index in [1.807, 2.05) is 36.4 Å². The molecule has 0 spiro atoms. The largest absolute Gasteiger partial charge is 0.479 e. The van der Waals surface area contributed by atoms with E-state index in [1.165, 1.54) is 10.3 Å². The first-order valence-corrected chi connectivity index (χ1v) is 12.1. The van der Waals surface area contributed by atoms with Gasteiger partial charge in [0.05, 0.1) is 0 Å². The molecule has 3 aromatic rings. The number of carboxylic acids is 1. The van der Waals surface area contributed by atoms with Crippen LogP contribution >= 0.6 is 11.3 Å². The number of piperidine rings is 1. The minimum atomic E-state index is -1.81. The molecule has 1 fully saturated rings. The van der Waals surface area contributed by atoms with Crippen LogP contribution in [0.2, 0.25) is 0 Å². The van der Waals surface area contributed by atoms with Gasteiger partial charge in [0.1, 0.15) is 12.3 Å². The van der Waals surface area contributed by atoms with E-state index >= 15 is 0 Å². The van der Waals surface area contributed by atoms with Gasteiger partial charge >= 0.3 is 12.1 Å². The van der Waals surface area contributed by atoms with Crippen molar-refractivity contribution in [2.75, 3.05) is 25.0 Å². The van der Waals surface area contributed by atoms with Crippen LogP contribution in [0, 0.1) is 0 Å². The zero-order valence-corrected chi connectivity index (χ0v) is 19.5. The Balaban J connectivity index is 1.18. The Morgan fingerprint density at radius 1 is 1.06 bits per heavy atom. The maximum Gasteiger partial charge on any atom is 0.413 e. The molecule has 2 heterocycles. The number of thiazole rings is 1. The predicted octanol–water partition coefficient (Wildman–Crippen LogP) is 3.56. The standard InChI is InChI=1S/C25H23N3O6S/c29-21(28-11-9-25(33,10-12-28)22(30)31)20-14-35-23(26-20)27-24(32)34-13-19-17-7-3-1-5-15(17)16-6-2-4-8-18(16)19/h1-8,14,19,33H,9-13H2,(H,30,31)(H,26,27,32). The monoisotopic (exact) mass is 493 g/mol. The van der Waals surface area contributed by atoms with Crippen LogP contribution in [-0.2, 0) is 9.53 Å². The molecule has 0 saturated carbocycles. The molecular weight excluding hydrogens is 470 g/mol. The molecule has 10 heteroatoms. The van der Waals surface area contributed by atoms with Crippen molar-refractivity contribution in [1.82, 2.24) is 9.88 Å². The number of rotatable bonds is 5. The third-order valence-corrected chi connectivity index (χ3v) is 7.31. The summed E-state index contributed by atoms with van der Waals surface area (Å²) in [6.45, 7) is 0.375. The maximum absolute atomic E-state index is 12.7. The number of nitrogens with one attached hydrogen (secondary N) is 1. The van der Waals surface area contributed by atoms with Crippen molar-refractivity contribution < 1.29 is 29.3 Å². The molecule has 0 unspecified atom stereocenters. The second-order valence-corrected chi connectivity index (χ2v) is 9.48. The van der Waals surface area contributed by atoms with Crippen molar-refractivity contribution in [3.63, 3.8) is 0 Å². The molecule has 1 aromatic heterocycles. The fraction of sp³-hybridized carbons (Fsp3) is 0.280. The third-order valence-electron chi connectivity index (χ3n) is 6.55. The van der Waals surface area contributed by atoms with E-state index in [0.717, 1.165) is 33.6 Å². The second kappa shape index (κ2) is 9.12. The first-order valence-electron chi connectivity index (χ1n) is 11.2. The molecule has 1 aliphatic carbocycles. The first kappa shape index (κ1) is 23.0. The Morgan fingerprint density at radius 2 is 1.66 bits per heavy atom. The number of carboxylic acid groups (broad SMARTS) is 1. The second-order valence-electron chi connectivity index (χ2n) is 8.62. The highest BCUT2D eigenvalue weighted by Crippen LogP contribution is 2.44. The molecule has 0 atom stereocenters. The molecule has 9 nitrogen and oxygen atoms in total. The van der Waals surface area contributed by atoms with Crippen LogP contribution < -0.4 is 5.32 Å². The summed E-state index contributed by atoms with van der Waals surface area (Å²) in [6.07, 6.45) is -0.767. The number of anilines is 1. The van der Waals surface area contributed by atoms with Crippen LogP contribution in [0.15, 0.2) is 53.9 Å². The lowest BCUT2D eigenvalue weighted by Crippen LogP contribution is -2.50. The first-order chi connectivity index (χ1) is 16.9. The van der Waals surface area contributed by atoms with Crippen molar-refractivity contribution >= 4 is 34.4 Å². The molecule has 2 aliphatic rings.